The molecule has 0 spiro atoms. The summed E-state index contributed by atoms with van der Waals surface area (Å²) in [6.07, 6.45) is 6.12. The zero-order chi connectivity index (χ0) is 13.9. The normalized spacial score (nSPS) is 10.3. The summed E-state index contributed by atoms with van der Waals surface area (Å²) in [4.78, 5) is 20.6. The van der Waals surface area contributed by atoms with Gasteiger partial charge in [0.15, 0.2) is 11.5 Å². The van der Waals surface area contributed by atoms with Crippen molar-refractivity contribution in [3.63, 3.8) is 0 Å². The molecule has 0 saturated carbocycles. The third-order valence-corrected chi connectivity index (χ3v) is 3.38. The zero-order valence-electron chi connectivity index (χ0n) is 11.0. The van der Waals surface area contributed by atoms with Gasteiger partial charge in [-0.15, -0.1) is 29.3 Å². The number of aromatic nitrogens is 7. The van der Waals surface area contributed by atoms with Gasteiger partial charge in [0, 0.05) is 6.07 Å². The van der Waals surface area contributed by atoms with Gasteiger partial charge in [-0.3, -0.25) is 9.89 Å². The Balaban J connectivity index is 0.00000161. The number of nitrogens with one attached hydrogen (secondary N) is 1. The van der Waals surface area contributed by atoms with E-state index in [-0.39, 0.29) is 18.0 Å². The Morgan fingerprint density at radius 3 is 2.95 bits per heavy atom. The van der Waals surface area contributed by atoms with E-state index in [1.807, 2.05) is 6.92 Å². The number of hydrogen-bond donors (Lipinski definition) is 1. The fourth-order valence-electron chi connectivity index (χ4n) is 1.71. The number of rotatable bonds is 4. The molecule has 0 aliphatic heterocycles. The first-order chi connectivity index (χ1) is 9.79. The van der Waals surface area contributed by atoms with Gasteiger partial charge >= 0.3 is 0 Å². The molecule has 21 heavy (non-hydrogen) atoms. The number of nitrogens with zero attached hydrogens (tertiary/aromatic N) is 6. The summed E-state index contributed by atoms with van der Waals surface area (Å²) in [6.45, 7) is 2.04. The number of aromatic amines is 1. The highest BCUT2D eigenvalue weighted by atomic mass is 35.5. The molecule has 0 unspecified atom stereocenters. The zero-order valence-corrected chi connectivity index (χ0v) is 12.6. The average Bonchev–Trinajstić information content (AvgIpc) is 3.08. The molecule has 3 heterocycles. The quantitative estimate of drug-likeness (QED) is 0.569. The van der Waals surface area contributed by atoms with Crippen LogP contribution in [0.2, 0.25) is 0 Å². The van der Waals surface area contributed by atoms with Crippen molar-refractivity contribution in [2.24, 2.45) is 0 Å². The Hall–Kier alpha value is -2.13. The van der Waals surface area contributed by atoms with E-state index in [4.69, 9.17) is 0 Å². The molecule has 0 amide bonds. The highest BCUT2D eigenvalue weighted by Crippen LogP contribution is 2.15. The maximum atomic E-state index is 12.3. The molecule has 0 saturated heterocycles. The molecule has 3 aromatic heterocycles. The van der Waals surface area contributed by atoms with E-state index in [2.05, 4.69) is 25.4 Å². The Kier molecular flexibility index (Phi) is 4.76. The summed E-state index contributed by atoms with van der Waals surface area (Å²) in [7, 11) is 0. The molecule has 0 atom stereocenters. The van der Waals surface area contributed by atoms with Gasteiger partial charge in [-0.2, -0.15) is 4.68 Å². The van der Waals surface area contributed by atoms with Crippen molar-refractivity contribution in [1.82, 2.24) is 34.7 Å². The molecule has 8 nitrogen and oxygen atoms in total. The van der Waals surface area contributed by atoms with Crippen LogP contribution in [0.5, 0.6) is 0 Å². The summed E-state index contributed by atoms with van der Waals surface area (Å²) < 4.78 is 2.75. The van der Waals surface area contributed by atoms with Crippen molar-refractivity contribution >= 4 is 24.2 Å². The molecule has 10 heteroatoms. The Morgan fingerprint density at radius 1 is 1.38 bits per heavy atom. The van der Waals surface area contributed by atoms with Gasteiger partial charge in [0.25, 0.3) is 5.56 Å². The lowest BCUT2D eigenvalue weighted by Gasteiger charge is -2.02. The van der Waals surface area contributed by atoms with Crippen molar-refractivity contribution in [1.29, 1.82) is 0 Å². The van der Waals surface area contributed by atoms with E-state index in [0.717, 1.165) is 10.8 Å². The minimum atomic E-state index is -0.248. The molecule has 3 rings (SSSR count). The SMILES string of the molecule is CCSc1cc(-n2[nH]cc(-n3ccnn3)c2=O)ncn1.Cl. The van der Waals surface area contributed by atoms with Gasteiger partial charge in [0.2, 0.25) is 0 Å². The molecule has 0 aromatic carbocycles. The Labute approximate surface area is 130 Å². The van der Waals surface area contributed by atoms with Crippen LogP contribution in [0.1, 0.15) is 6.92 Å². The Bertz CT molecular complexity index is 767. The smallest absolute Gasteiger partial charge is 0.295 e. The lowest BCUT2D eigenvalue weighted by Crippen LogP contribution is -2.19. The predicted molar refractivity (Wildman–Crippen MR) is 80.5 cm³/mol. The largest absolute Gasteiger partial charge is 0.298 e. The second-order valence-electron chi connectivity index (χ2n) is 3.79. The number of thioether (sulfide) groups is 1. The van der Waals surface area contributed by atoms with Crippen LogP contribution in [0.3, 0.4) is 0 Å². The second kappa shape index (κ2) is 6.55. The fraction of sp³-hybridized carbons (Fsp3) is 0.182. The van der Waals surface area contributed by atoms with Gasteiger partial charge in [-0.05, 0) is 5.75 Å². The van der Waals surface area contributed by atoms with Crippen LogP contribution < -0.4 is 5.56 Å². The molecule has 0 radical (unpaired) electrons. The van der Waals surface area contributed by atoms with Gasteiger partial charge in [-0.1, -0.05) is 12.1 Å². The second-order valence-corrected chi connectivity index (χ2v) is 5.08. The Morgan fingerprint density at radius 2 is 2.24 bits per heavy atom. The molecule has 1 N–H and O–H groups in total. The minimum absolute atomic E-state index is 0. The van der Waals surface area contributed by atoms with Gasteiger partial charge in [-0.25, -0.2) is 14.6 Å². The van der Waals surface area contributed by atoms with Crippen LogP contribution >= 0.6 is 24.2 Å². The van der Waals surface area contributed by atoms with Gasteiger partial charge in [0.05, 0.1) is 18.6 Å². The molecule has 0 fully saturated rings. The van der Waals surface area contributed by atoms with E-state index >= 15 is 0 Å². The standard InChI is InChI=1S/C11H11N7OS.ClH/c1-2-20-10-5-9(12-7-13-10)18-11(19)8(6-15-18)17-4-3-14-16-17;/h3-7,15H,2H2,1H3;1H. The fourth-order valence-corrected chi connectivity index (χ4v) is 2.32. The molecule has 3 aromatic rings. The summed E-state index contributed by atoms with van der Waals surface area (Å²) in [5, 5.41) is 11.2. The third-order valence-electron chi connectivity index (χ3n) is 2.57. The third kappa shape index (κ3) is 2.98. The van der Waals surface area contributed by atoms with E-state index in [9.17, 15) is 4.79 Å². The first kappa shape index (κ1) is 15.3. The van der Waals surface area contributed by atoms with Gasteiger partial charge < -0.3 is 0 Å². The first-order valence-electron chi connectivity index (χ1n) is 5.92. The molecular weight excluding hydrogens is 314 g/mol. The van der Waals surface area contributed by atoms with Crippen LogP contribution in [-0.4, -0.2) is 40.5 Å². The summed E-state index contributed by atoms with van der Waals surface area (Å²) >= 11 is 1.59. The van der Waals surface area contributed by atoms with Crippen molar-refractivity contribution in [2.45, 2.75) is 11.9 Å². The maximum Gasteiger partial charge on any atom is 0.298 e. The molecule has 110 valence electrons. The number of hydrogen-bond acceptors (Lipinski definition) is 6. The first-order valence-corrected chi connectivity index (χ1v) is 6.90. The van der Waals surface area contributed by atoms with Crippen molar-refractivity contribution in [3.05, 3.63) is 41.3 Å². The van der Waals surface area contributed by atoms with Crippen molar-refractivity contribution < 1.29 is 0 Å². The van der Waals surface area contributed by atoms with E-state index < -0.39 is 0 Å². The molecular formula is C11H12ClN7OS. The lowest BCUT2D eigenvalue weighted by molar-refractivity contribution is 0.780. The van der Waals surface area contributed by atoms with Gasteiger partial charge in [0.1, 0.15) is 11.4 Å². The van der Waals surface area contributed by atoms with E-state index in [1.54, 1.807) is 30.2 Å². The van der Waals surface area contributed by atoms with Crippen molar-refractivity contribution in [2.75, 3.05) is 5.75 Å². The lowest BCUT2D eigenvalue weighted by atomic mass is 10.5. The summed E-state index contributed by atoms with van der Waals surface area (Å²) in [5.41, 5.74) is 0.132. The van der Waals surface area contributed by atoms with Crippen LogP contribution in [0.25, 0.3) is 11.5 Å². The van der Waals surface area contributed by atoms with Crippen molar-refractivity contribution in [3.8, 4) is 11.5 Å². The van der Waals surface area contributed by atoms with Crippen LogP contribution in [0.15, 0.2) is 40.8 Å². The van der Waals surface area contributed by atoms with Crippen LogP contribution in [0, 0.1) is 0 Å². The number of H-pyrrole nitrogens is 1. The summed E-state index contributed by atoms with van der Waals surface area (Å²) in [5.74, 6) is 1.40. The topological polar surface area (TPSA) is 94.3 Å². The number of halogens is 1. The molecule has 0 aliphatic carbocycles. The average molecular weight is 326 g/mol. The molecule has 0 aliphatic rings. The predicted octanol–water partition coefficient (Wildman–Crippen LogP) is 1.07. The monoisotopic (exact) mass is 325 g/mol. The van der Waals surface area contributed by atoms with E-state index in [1.165, 1.54) is 21.9 Å². The highest BCUT2D eigenvalue weighted by molar-refractivity contribution is 7.99. The summed E-state index contributed by atoms with van der Waals surface area (Å²) in [6, 6.07) is 1.76. The molecule has 0 bridgehead atoms. The van der Waals surface area contributed by atoms with E-state index in [0.29, 0.717) is 11.5 Å². The highest BCUT2D eigenvalue weighted by Gasteiger charge is 2.11. The minimum Gasteiger partial charge on any atom is -0.295 e. The van der Waals surface area contributed by atoms with Crippen LogP contribution in [0.4, 0.5) is 0 Å². The maximum absolute atomic E-state index is 12.3. The van der Waals surface area contributed by atoms with Crippen LogP contribution in [-0.2, 0) is 0 Å².